The van der Waals surface area contributed by atoms with Gasteiger partial charge < -0.3 is 15.0 Å². The molecule has 0 radical (unpaired) electrons. The minimum Gasteiger partial charge on any atom is -0.383 e. The fraction of sp³-hybridized carbons (Fsp3) is 0.250. The molecule has 2 rings (SSSR count). The van der Waals surface area contributed by atoms with Gasteiger partial charge in [0.2, 0.25) is 10.0 Å². The average Bonchev–Trinajstić information content (AvgIpc) is 2.57. The number of sulfonamides is 1. The molecule has 0 saturated carbocycles. The number of nitrogens with one attached hydrogen (secondary N) is 2. The average molecular weight is 417 g/mol. The fourth-order valence-corrected chi connectivity index (χ4v) is 3.85. The zero-order valence-electron chi connectivity index (χ0n) is 14.3. The summed E-state index contributed by atoms with van der Waals surface area (Å²) in [7, 11) is -2.52. The topological polar surface area (TPSA) is 127 Å². The molecule has 0 unspecified atom stereocenters. The van der Waals surface area contributed by atoms with Crippen LogP contribution in [0.5, 0.6) is 0 Å². The number of benzene rings is 1. The van der Waals surface area contributed by atoms with Crippen LogP contribution in [-0.4, -0.2) is 39.2 Å². The molecule has 4 N–H and O–H groups in total. The van der Waals surface area contributed by atoms with Crippen LogP contribution in [-0.2, 0) is 21.3 Å². The Morgan fingerprint density at radius 1 is 1.41 bits per heavy atom. The van der Waals surface area contributed by atoms with Crippen LogP contribution in [0.4, 0.5) is 4.39 Å². The van der Waals surface area contributed by atoms with Gasteiger partial charge in [0.15, 0.2) is 0 Å². The number of primary amides is 1. The molecule has 0 aliphatic rings. The quantitative estimate of drug-likeness (QED) is 0.551. The first kappa shape index (κ1) is 21.0. The summed E-state index contributed by atoms with van der Waals surface area (Å²) in [6.07, 6.45) is 1.33. The van der Waals surface area contributed by atoms with Crippen LogP contribution >= 0.6 is 11.6 Å². The van der Waals surface area contributed by atoms with E-state index in [1.807, 2.05) is 0 Å². The molecule has 11 heteroatoms. The van der Waals surface area contributed by atoms with Gasteiger partial charge in [0.25, 0.3) is 5.91 Å². The molecular formula is C16H18ClFN4O4S. The largest absolute Gasteiger partial charge is 0.383 e. The molecule has 1 heterocycles. The normalized spacial score (nSPS) is 11.5. The number of pyridine rings is 1. The molecule has 0 spiro atoms. The Labute approximate surface area is 160 Å². The molecule has 8 nitrogen and oxygen atoms in total. The van der Waals surface area contributed by atoms with Gasteiger partial charge in [0.1, 0.15) is 11.3 Å². The highest BCUT2D eigenvalue weighted by Gasteiger charge is 2.20. The van der Waals surface area contributed by atoms with Gasteiger partial charge in [-0.2, -0.15) is 0 Å². The lowest BCUT2D eigenvalue weighted by Gasteiger charge is -2.14. The van der Waals surface area contributed by atoms with Gasteiger partial charge in [-0.15, -0.1) is 0 Å². The summed E-state index contributed by atoms with van der Waals surface area (Å²) in [5, 5.41) is 8.19. The first-order valence-electron chi connectivity index (χ1n) is 7.67. The van der Waals surface area contributed by atoms with Gasteiger partial charge in [-0.25, -0.2) is 17.5 Å². The third-order valence-corrected chi connectivity index (χ3v) is 5.39. The number of amides is 1. The van der Waals surface area contributed by atoms with Crippen molar-refractivity contribution in [2.24, 2.45) is 5.73 Å². The van der Waals surface area contributed by atoms with Gasteiger partial charge in [-0.05, 0) is 29.8 Å². The molecule has 0 fully saturated rings. The van der Waals surface area contributed by atoms with E-state index >= 15 is 0 Å². The Bertz CT molecular complexity index is 1020. The Balaban J connectivity index is 2.50. The molecule has 0 aliphatic heterocycles. The standard InChI is InChI=1S/C16H18ClFN4O4S/c1-26-5-4-21-27(24,25)14-3-2-12(18)6-10(14)8-22-9-11(17)7-13(15(22)19)16(20)23/h2-3,6-7,9,19,21H,4-5,8H2,1H3,(H2,20,23). The molecule has 27 heavy (non-hydrogen) atoms. The van der Waals surface area contributed by atoms with E-state index in [2.05, 4.69) is 4.72 Å². The number of carbonyl (C=O) groups excluding carboxylic acids is 1. The van der Waals surface area contributed by atoms with Crippen molar-refractivity contribution >= 4 is 27.5 Å². The van der Waals surface area contributed by atoms with Crippen molar-refractivity contribution in [3.63, 3.8) is 0 Å². The van der Waals surface area contributed by atoms with Crippen molar-refractivity contribution in [3.8, 4) is 0 Å². The number of hydrogen-bond donors (Lipinski definition) is 3. The number of ether oxygens (including phenoxy) is 1. The second-order valence-corrected chi connectivity index (χ2v) is 7.73. The van der Waals surface area contributed by atoms with Crippen LogP contribution in [0.1, 0.15) is 15.9 Å². The van der Waals surface area contributed by atoms with Crippen LogP contribution in [0.25, 0.3) is 0 Å². The van der Waals surface area contributed by atoms with Crippen molar-refractivity contribution in [3.05, 3.63) is 57.9 Å². The zero-order valence-corrected chi connectivity index (χ0v) is 15.9. The minimum atomic E-state index is -3.95. The third kappa shape index (κ3) is 5.13. The Morgan fingerprint density at radius 2 is 2.11 bits per heavy atom. The molecule has 0 bridgehead atoms. The number of halogens is 2. The van der Waals surface area contributed by atoms with Gasteiger partial charge >= 0.3 is 0 Å². The lowest BCUT2D eigenvalue weighted by Crippen LogP contribution is -2.31. The van der Waals surface area contributed by atoms with E-state index in [0.29, 0.717) is 0 Å². The van der Waals surface area contributed by atoms with E-state index in [1.54, 1.807) is 0 Å². The van der Waals surface area contributed by atoms with E-state index < -0.39 is 21.7 Å². The second kappa shape index (κ2) is 8.61. The van der Waals surface area contributed by atoms with Gasteiger partial charge in [-0.1, -0.05) is 11.6 Å². The molecule has 1 aromatic heterocycles. The van der Waals surface area contributed by atoms with Crippen molar-refractivity contribution in [1.29, 1.82) is 5.41 Å². The predicted molar refractivity (Wildman–Crippen MR) is 96.4 cm³/mol. The summed E-state index contributed by atoms with van der Waals surface area (Å²) in [6, 6.07) is 4.43. The molecule has 0 aliphatic carbocycles. The molecule has 1 aromatic carbocycles. The summed E-state index contributed by atoms with van der Waals surface area (Å²) in [4.78, 5) is 11.3. The number of nitrogens with two attached hydrogens (primary N) is 1. The number of rotatable bonds is 8. The first-order chi connectivity index (χ1) is 12.7. The number of carbonyl (C=O) groups is 1. The third-order valence-electron chi connectivity index (χ3n) is 3.62. The fourth-order valence-electron chi connectivity index (χ4n) is 2.40. The van der Waals surface area contributed by atoms with Crippen molar-refractivity contribution in [2.75, 3.05) is 20.3 Å². The second-order valence-electron chi connectivity index (χ2n) is 5.56. The maximum Gasteiger partial charge on any atom is 0.252 e. The lowest BCUT2D eigenvalue weighted by atomic mass is 10.2. The van der Waals surface area contributed by atoms with Crippen LogP contribution in [0, 0.1) is 11.2 Å². The van der Waals surface area contributed by atoms with E-state index in [0.717, 1.165) is 18.2 Å². The maximum atomic E-state index is 13.7. The van der Waals surface area contributed by atoms with Crippen molar-refractivity contribution < 1.29 is 22.3 Å². The van der Waals surface area contributed by atoms with Crippen LogP contribution in [0.15, 0.2) is 35.4 Å². The van der Waals surface area contributed by atoms with Crippen molar-refractivity contribution in [1.82, 2.24) is 9.29 Å². The first-order valence-corrected chi connectivity index (χ1v) is 9.53. The van der Waals surface area contributed by atoms with E-state index in [-0.39, 0.29) is 46.2 Å². The molecular weight excluding hydrogens is 399 g/mol. The van der Waals surface area contributed by atoms with Gasteiger partial charge in [0, 0.05) is 19.9 Å². The Morgan fingerprint density at radius 3 is 2.74 bits per heavy atom. The number of methoxy groups -OCH3 is 1. The molecule has 146 valence electrons. The van der Waals surface area contributed by atoms with Crippen LogP contribution in [0.2, 0.25) is 5.02 Å². The number of hydrogen-bond acceptors (Lipinski definition) is 5. The summed E-state index contributed by atoms with van der Waals surface area (Å²) < 4.78 is 47.1. The Hall–Kier alpha value is -2.27. The monoisotopic (exact) mass is 416 g/mol. The number of nitrogens with zero attached hydrogens (tertiary/aromatic N) is 1. The van der Waals surface area contributed by atoms with Gasteiger partial charge in [0.05, 0.1) is 28.6 Å². The summed E-state index contributed by atoms with van der Waals surface area (Å²) >= 11 is 5.95. The smallest absolute Gasteiger partial charge is 0.252 e. The van der Waals surface area contributed by atoms with Crippen LogP contribution < -0.4 is 15.9 Å². The summed E-state index contributed by atoms with van der Waals surface area (Å²) in [5.74, 6) is -1.50. The summed E-state index contributed by atoms with van der Waals surface area (Å²) in [6.45, 7) is -0.00886. The van der Waals surface area contributed by atoms with E-state index in [1.165, 1.54) is 23.9 Å². The molecule has 2 aromatic rings. The highest BCUT2D eigenvalue weighted by molar-refractivity contribution is 7.89. The zero-order chi connectivity index (χ0) is 20.2. The number of aromatic nitrogens is 1. The minimum absolute atomic E-state index is 0.0372. The molecule has 0 saturated heterocycles. The van der Waals surface area contributed by atoms with E-state index in [9.17, 15) is 17.6 Å². The Kier molecular flexibility index (Phi) is 6.71. The highest BCUT2D eigenvalue weighted by atomic mass is 35.5. The highest BCUT2D eigenvalue weighted by Crippen LogP contribution is 2.19. The van der Waals surface area contributed by atoms with Crippen molar-refractivity contribution in [2.45, 2.75) is 11.4 Å². The van der Waals surface area contributed by atoms with Crippen LogP contribution in [0.3, 0.4) is 0 Å². The molecule has 1 amide bonds. The lowest BCUT2D eigenvalue weighted by molar-refractivity contribution is 0.0997. The summed E-state index contributed by atoms with van der Waals surface area (Å²) in [5.41, 5.74) is 4.90. The van der Waals surface area contributed by atoms with Gasteiger partial charge in [-0.3, -0.25) is 10.2 Å². The molecule has 0 atom stereocenters. The SMILES string of the molecule is COCCNS(=O)(=O)c1ccc(F)cc1Cn1cc(Cl)cc(C(N)=O)c1=N. The maximum absolute atomic E-state index is 13.7. The predicted octanol–water partition coefficient (Wildman–Crippen LogP) is 0.832. The van der Waals surface area contributed by atoms with E-state index in [4.69, 9.17) is 27.5 Å².